The van der Waals surface area contributed by atoms with Crippen LogP contribution in [0.5, 0.6) is 0 Å². The molecule has 1 aromatic rings. The Hall–Kier alpha value is -0.940. The van der Waals surface area contributed by atoms with E-state index in [2.05, 4.69) is 29.0 Å². The molecule has 1 saturated heterocycles. The number of likely N-dealkylation sites (tertiary alicyclic amines) is 1. The molecule has 1 aliphatic heterocycles. The van der Waals surface area contributed by atoms with Crippen molar-refractivity contribution < 1.29 is 4.79 Å². The molecule has 1 N–H and O–H groups in total. The average molecular weight is 295 g/mol. The topological polar surface area (TPSA) is 45.2 Å². The number of hydrogen-bond donors (Lipinski definition) is 1. The number of thiazole rings is 1. The first-order valence-electron chi connectivity index (χ1n) is 7.56. The summed E-state index contributed by atoms with van der Waals surface area (Å²) in [6.07, 6.45) is 3.48. The van der Waals surface area contributed by atoms with Gasteiger partial charge in [-0.25, -0.2) is 4.98 Å². The average Bonchev–Trinajstić information content (AvgIpc) is 2.90. The van der Waals surface area contributed by atoms with Crippen LogP contribution < -0.4 is 5.32 Å². The lowest BCUT2D eigenvalue weighted by atomic mass is 9.99. The SMILES string of the molecule is CCC(C)NC(=O)c1csc(CN2CCC(C)CC2)n1. The largest absolute Gasteiger partial charge is 0.348 e. The molecule has 0 radical (unpaired) electrons. The van der Waals surface area contributed by atoms with Gasteiger partial charge in [-0.2, -0.15) is 0 Å². The molecule has 2 heterocycles. The van der Waals surface area contributed by atoms with Crippen LogP contribution in [0.15, 0.2) is 5.38 Å². The van der Waals surface area contributed by atoms with Gasteiger partial charge in [-0.05, 0) is 45.2 Å². The molecule has 0 saturated carbocycles. The number of amides is 1. The third-order valence-electron chi connectivity index (χ3n) is 4.01. The molecule has 1 aromatic heterocycles. The van der Waals surface area contributed by atoms with Crippen molar-refractivity contribution in [1.82, 2.24) is 15.2 Å². The predicted molar refractivity (Wildman–Crippen MR) is 83.0 cm³/mol. The normalized spacial score (nSPS) is 18.9. The van der Waals surface area contributed by atoms with Crippen LogP contribution in [0.3, 0.4) is 0 Å². The molecule has 1 unspecified atom stereocenters. The van der Waals surface area contributed by atoms with E-state index in [0.29, 0.717) is 5.69 Å². The predicted octanol–water partition coefficient (Wildman–Crippen LogP) is 2.90. The lowest BCUT2D eigenvalue weighted by Gasteiger charge is -2.29. The number of carbonyl (C=O) groups excluding carboxylic acids is 1. The number of nitrogens with zero attached hydrogens (tertiary/aromatic N) is 2. The van der Waals surface area contributed by atoms with E-state index in [1.807, 2.05) is 12.3 Å². The van der Waals surface area contributed by atoms with Crippen LogP contribution in [-0.4, -0.2) is 34.9 Å². The third kappa shape index (κ3) is 4.28. The molecular weight excluding hydrogens is 270 g/mol. The minimum Gasteiger partial charge on any atom is -0.348 e. The fourth-order valence-corrected chi connectivity index (χ4v) is 3.11. The van der Waals surface area contributed by atoms with E-state index in [9.17, 15) is 4.79 Å². The molecule has 0 aliphatic carbocycles. The van der Waals surface area contributed by atoms with Gasteiger partial charge in [0.15, 0.2) is 0 Å². The minimum atomic E-state index is -0.0471. The summed E-state index contributed by atoms with van der Waals surface area (Å²) in [5.41, 5.74) is 0.565. The van der Waals surface area contributed by atoms with Crippen molar-refractivity contribution in [3.8, 4) is 0 Å². The van der Waals surface area contributed by atoms with E-state index >= 15 is 0 Å². The molecule has 1 aliphatic rings. The fourth-order valence-electron chi connectivity index (χ4n) is 2.30. The Bertz CT molecular complexity index is 438. The molecule has 5 heteroatoms. The number of rotatable bonds is 5. The van der Waals surface area contributed by atoms with E-state index in [1.54, 1.807) is 11.3 Å². The second-order valence-electron chi connectivity index (χ2n) is 5.87. The molecule has 1 atom stereocenters. The van der Waals surface area contributed by atoms with Crippen LogP contribution in [0.1, 0.15) is 55.5 Å². The van der Waals surface area contributed by atoms with Crippen molar-refractivity contribution in [3.05, 3.63) is 16.1 Å². The van der Waals surface area contributed by atoms with E-state index in [1.165, 1.54) is 12.8 Å². The number of carbonyl (C=O) groups is 1. The van der Waals surface area contributed by atoms with Crippen molar-refractivity contribution in [2.24, 2.45) is 5.92 Å². The van der Waals surface area contributed by atoms with Crippen molar-refractivity contribution in [2.75, 3.05) is 13.1 Å². The molecule has 1 fully saturated rings. The molecule has 0 bridgehead atoms. The van der Waals surface area contributed by atoms with Gasteiger partial charge in [-0.3, -0.25) is 9.69 Å². The van der Waals surface area contributed by atoms with Crippen LogP contribution in [0, 0.1) is 5.92 Å². The summed E-state index contributed by atoms with van der Waals surface area (Å²) >= 11 is 1.59. The molecule has 2 rings (SSSR count). The van der Waals surface area contributed by atoms with Gasteiger partial charge in [0.05, 0.1) is 6.54 Å². The highest BCUT2D eigenvalue weighted by Crippen LogP contribution is 2.19. The minimum absolute atomic E-state index is 0.0471. The second kappa shape index (κ2) is 7.18. The summed E-state index contributed by atoms with van der Waals surface area (Å²) in [4.78, 5) is 18.9. The summed E-state index contributed by atoms with van der Waals surface area (Å²) in [7, 11) is 0. The first-order chi connectivity index (χ1) is 9.58. The van der Waals surface area contributed by atoms with Crippen LogP contribution >= 0.6 is 11.3 Å². The second-order valence-corrected chi connectivity index (χ2v) is 6.81. The zero-order chi connectivity index (χ0) is 14.5. The van der Waals surface area contributed by atoms with Crippen LogP contribution in [0.4, 0.5) is 0 Å². The lowest BCUT2D eigenvalue weighted by molar-refractivity contribution is 0.0934. The zero-order valence-electron chi connectivity index (χ0n) is 12.7. The van der Waals surface area contributed by atoms with Crippen LogP contribution in [0.2, 0.25) is 0 Å². The molecule has 1 amide bonds. The maximum Gasteiger partial charge on any atom is 0.270 e. The monoisotopic (exact) mass is 295 g/mol. The Morgan fingerprint density at radius 2 is 2.25 bits per heavy atom. The van der Waals surface area contributed by atoms with Gasteiger partial charge in [0.25, 0.3) is 5.91 Å². The molecule has 112 valence electrons. The Morgan fingerprint density at radius 1 is 1.55 bits per heavy atom. The highest BCUT2D eigenvalue weighted by molar-refractivity contribution is 7.09. The number of piperidine rings is 1. The summed E-state index contributed by atoms with van der Waals surface area (Å²) in [5, 5.41) is 5.88. The van der Waals surface area contributed by atoms with Crippen molar-refractivity contribution in [2.45, 2.75) is 52.6 Å². The maximum absolute atomic E-state index is 12.0. The van der Waals surface area contributed by atoms with Crippen LogP contribution in [0.25, 0.3) is 0 Å². The summed E-state index contributed by atoms with van der Waals surface area (Å²) in [6.45, 7) is 9.57. The van der Waals surface area contributed by atoms with Crippen molar-refractivity contribution in [1.29, 1.82) is 0 Å². The highest BCUT2D eigenvalue weighted by atomic mass is 32.1. The van der Waals surface area contributed by atoms with E-state index in [0.717, 1.165) is 37.0 Å². The summed E-state index contributed by atoms with van der Waals surface area (Å²) < 4.78 is 0. The number of aromatic nitrogens is 1. The molecule has 20 heavy (non-hydrogen) atoms. The van der Waals surface area contributed by atoms with Crippen molar-refractivity contribution >= 4 is 17.2 Å². The standard InChI is InChI=1S/C15H25N3OS/c1-4-12(3)16-15(19)13-10-20-14(17-13)9-18-7-5-11(2)6-8-18/h10-12H,4-9H2,1-3H3,(H,16,19). The quantitative estimate of drug-likeness (QED) is 0.908. The van der Waals surface area contributed by atoms with Crippen molar-refractivity contribution in [3.63, 3.8) is 0 Å². The molecule has 0 spiro atoms. The van der Waals surface area contributed by atoms with Crippen LogP contribution in [-0.2, 0) is 6.54 Å². The van der Waals surface area contributed by atoms with Gasteiger partial charge in [-0.15, -0.1) is 11.3 Å². The Labute approximate surface area is 125 Å². The van der Waals surface area contributed by atoms with Gasteiger partial charge in [0, 0.05) is 11.4 Å². The van der Waals surface area contributed by atoms with E-state index < -0.39 is 0 Å². The third-order valence-corrected chi connectivity index (χ3v) is 4.84. The Kier molecular flexibility index (Phi) is 5.54. The number of hydrogen-bond acceptors (Lipinski definition) is 4. The molecule has 4 nitrogen and oxygen atoms in total. The summed E-state index contributed by atoms with van der Waals surface area (Å²) in [6, 6.07) is 0.205. The first kappa shape index (κ1) is 15.4. The molecular formula is C15H25N3OS. The van der Waals surface area contributed by atoms with Gasteiger partial charge in [0.1, 0.15) is 10.7 Å². The van der Waals surface area contributed by atoms with E-state index in [-0.39, 0.29) is 11.9 Å². The lowest BCUT2D eigenvalue weighted by Crippen LogP contribution is -2.33. The smallest absolute Gasteiger partial charge is 0.270 e. The Morgan fingerprint density at radius 3 is 2.90 bits per heavy atom. The van der Waals surface area contributed by atoms with Gasteiger partial charge in [-0.1, -0.05) is 13.8 Å². The van der Waals surface area contributed by atoms with Gasteiger partial charge < -0.3 is 5.32 Å². The fraction of sp³-hybridized carbons (Fsp3) is 0.733. The highest BCUT2D eigenvalue weighted by Gasteiger charge is 2.18. The van der Waals surface area contributed by atoms with Gasteiger partial charge >= 0.3 is 0 Å². The van der Waals surface area contributed by atoms with Gasteiger partial charge in [0.2, 0.25) is 0 Å². The Balaban J connectivity index is 1.87. The number of nitrogens with one attached hydrogen (secondary N) is 1. The molecule has 0 aromatic carbocycles. The van der Waals surface area contributed by atoms with E-state index in [4.69, 9.17) is 0 Å². The maximum atomic E-state index is 12.0. The summed E-state index contributed by atoms with van der Waals surface area (Å²) in [5.74, 6) is 0.800. The zero-order valence-corrected chi connectivity index (χ0v) is 13.5. The first-order valence-corrected chi connectivity index (χ1v) is 8.44.